The summed E-state index contributed by atoms with van der Waals surface area (Å²) in [6.07, 6.45) is 1.38. The second-order valence-electron chi connectivity index (χ2n) is 8.05. The maximum Gasteiger partial charge on any atom is 0.433 e. The van der Waals surface area contributed by atoms with Crippen molar-refractivity contribution in [3.05, 3.63) is 53.0 Å². The van der Waals surface area contributed by atoms with Gasteiger partial charge in [-0.05, 0) is 48.9 Å². The zero-order valence-corrected chi connectivity index (χ0v) is 17.7. The van der Waals surface area contributed by atoms with Crippen LogP contribution >= 0.6 is 0 Å². The van der Waals surface area contributed by atoms with E-state index >= 15 is 0 Å². The molecular formula is C22H21F3N8. The van der Waals surface area contributed by atoms with Crippen LogP contribution in [0.4, 0.5) is 24.7 Å². The fourth-order valence-electron chi connectivity index (χ4n) is 4.46. The number of aliphatic imine (C=N–C) groups is 1. The summed E-state index contributed by atoms with van der Waals surface area (Å²) in [5.74, 6) is 0.608. The third-order valence-corrected chi connectivity index (χ3v) is 5.87. The van der Waals surface area contributed by atoms with Crippen molar-refractivity contribution in [3.63, 3.8) is 0 Å². The van der Waals surface area contributed by atoms with Crippen LogP contribution in [0.3, 0.4) is 0 Å². The summed E-state index contributed by atoms with van der Waals surface area (Å²) in [6.45, 7) is 0. The number of hydrogen-bond acceptors (Lipinski definition) is 5. The highest BCUT2D eigenvalue weighted by atomic mass is 19.4. The maximum absolute atomic E-state index is 13.6. The van der Waals surface area contributed by atoms with Gasteiger partial charge in [-0.3, -0.25) is 9.78 Å². The molecule has 0 fully saturated rings. The number of alkyl halides is 3. The Balaban J connectivity index is 1.79. The third-order valence-electron chi connectivity index (χ3n) is 5.87. The Morgan fingerprint density at radius 3 is 2.61 bits per heavy atom. The van der Waals surface area contributed by atoms with E-state index in [2.05, 4.69) is 25.3 Å². The quantitative estimate of drug-likeness (QED) is 0.246. The van der Waals surface area contributed by atoms with Crippen LogP contribution in [0.2, 0.25) is 0 Å². The smallest absolute Gasteiger partial charge is 0.398 e. The number of pyridine rings is 1. The van der Waals surface area contributed by atoms with Gasteiger partial charge in [0.25, 0.3) is 0 Å². The van der Waals surface area contributed by atoms with E-state index in [4.69, 9.17) is 11.5 Å². The number of H-pyrrole nitrogens is 1. The summed E-state index contributed by atoms with van der Waals surface area (Å²) >= 11 is 0. The molecule has 5 N–H and O–H groups in total. The lowest BCUT2D eigenvalue weighted by Gasteiger charge is -2.23. The molecular weight excluding hydrogens is 433 g/mol. The second kappa shape index (κ2) is 7.61. The fourth-order valence-corrected chi connectivity index (χ4v) is 4.46. The van der Waals surface area contributed by atoms with E-state index in [0.29, 0.717) is 35.4 Å². The number of nitrogens with one attached hydrogen (secondary N) is 1. The van der Waals surface area contributed by atoms with Crippen molar-refractivity contribution < 1.29 is 13.2 Å². The molecule has 0 bridgehead atoms. The molecule has 5 rings (SSSR count). The summed E-state index contributed by atoms with van der Waals surface area (Å²) in [6, 6.07) is 5.07. The lowest BCUT2D eigenvalue weighted by molar-refractivity contribution is -0.140. The van der Waals surface area contributed by atoms with Crippen LogP contribution in [0, 0.1) is 0 Å². The van der Waals surface area contributed by atoms with Crippen molar-refractivity contribution in [2.24, 2.45) is 17.8 Å². The Morgan fingerprint density at radius 1 is 1.15 bits per heavy atom. The van der Waals surface area contributed by atoms with Gasteiger partial charge in [0, 0.05) is 35.9 Å². The van der Waals surface area contributed by atoms with Crippen LogP contribution in [0.1, 0.15) is 35.2 Å². The average molecular weight is 454 g/mol. The zero-order chi connectivity index (χ0) is 23.3. The summed E-state index contributed by atoms with van der Waals surface area (Å²) in [4.78, 5) is 9.07. The highest BCUT2D eigenvalue weighted by Crippen LogP contribution is 2.41. The molecule has 4 aromatic rings. The Kier molecular flexibility index (Phi) is 4.84. The molecule has 1 aliphatic rings. The van der Waals surface area contributed by atoms with Crippen LogP contribution < -0.4 is 11.5 Å². The molecule has 0 saturated carbocycles. The first kappa shape index (κ1) is 21.0. The molecule has 3 heterocycles. The first-order valence-electron chi connectivity index (χ1n) is 10.4. The number of nitrogen functional groups attached to an aromatic ring is 1. The lowest BCUT2D eigenvalue weighted by Crippen LogP contribution is -2.18. The van der Waals surface area contributed by atoms with E-state index < -0.39 is 11.9 Å². The normalized spacial score (nSPS) is 14.6. The van der Waals surface area contributed by atoms with Crippen molar-refractivity contribution in [2.45, 2.75) is 31.9 Å². The third kappa shape index (κ3) is 3.59. The minimum atomic E-state index is -4.57. The Bertz CT molecular complexity index is 1400. The molecule has 11 heteroatoms. The van der Waals surface area contributed by atoms with Gasteiger partial charge in [0.2, 0.25) is 0 Å². The molecule has 8 nitrogen and oxygen atoms in total. The predicted molar refractivity (Wildman–Crippen MR) is 119 cm³/mol. The molecule has 170 valence electrons. The zero-order valence-electron chi connectivity index (χ0n) is 17.7. The van der Waals surface area contributed by atoms with E-state index in [9.17, 15) is 13.2 Å². The van der Waals surface area contributed by atoms with Gasteiger partial charge in [-0.25, -0.2) is 9.98 Å². The molecule has 0 spiro atoms. The average Bonchev–Trinajstić information content (AvgIpc) is 3.42. The Morgan fingerprint density at radius 2 is 1.91 bits per heavy atom. The van der Waals surface area contributed by atoms with Crippen molar-refractivity contribution >= 4 is 28.2 Å². The second-order valence-corrected chi connectivity index (χ2v) is 8.05. The van der Waals surface area contributed by atoms with Gasteiger partial charge < -0.3 is 11.5 Å². The van der Waals surface area contributed by atoms with E-state index in [1.54, 1.807) is 36.1 Å². The minimum Gasteiger partial charge on any atom is -0.398 e. The summed E-state index contributed by atoms with van der Waals surface area (Å²) < 4.78 is 42.4. The van der Waals surface area contributed by atoms with Crippen molar-refractivity contribution in [1.82, 2.24) is 25.0 Å². The molecule has 3 aromatic heterocycles. The maximum atomic E-state index is 13.6. The fraction of sp³-hybridized carbons (Fsp3) is 0.273. The van der Waals surface area contributed by atoms with Gasteiger partial charge >= 0.3 is 6.18 Å². The van der Waals surface area contributed by atoms with Gasteiger partial charge in [-0.1, -0.05) is 0 Å². The van der Waals surface area contributed by atoms with E-state index in [0.717, 1.165) is 29.4 Å². The van der Waals surface area contributed by atoms with Gasteiger partial charge in [0.05, 0.1) is 23.0 Å². The number of nitrogens with two attached hydrogens (primary N) is 2. The molecule has 33 heavy (non-hydrogen) atoms. The number of aryl methyl sites for hydroxylation is 2. The molecule has 0 radical (unpaired) electrons. The summed E-state index contributed by atoms with van der Waals surface area (Å²) in [5.41, 5.74) is 15.1. The number of aromatic nitrogens is 5. The summed E-state index contributed by atoms with van der Waals surface area (Å²) in [5, 5.41) is 10.7. The molecule has 0 atom stereocenters. The lowest BCUT2D eigenvalue weighted by atomic mass is 9.84. The van der Waals surface area contributed by atoms with Crippen LogP contribution in [-0.4, -0.2) is 30.8 Å². The number of nitrogens with zero attached hydrogens (tertiary/aromatic N) is 5. The number of benzene rings is 1. The number of amidine groups is 1. The van der Waals surface area contributed by atoms with E-state index in [1.165, 1.54) is 6.20 Å². The van der Waals surface area contributed by atoms with Crippen molar-refractivity contribution in [1.29, 1.82) is 0 Å². The Hall–Kier alpha value is -3.89. The predicted octanol–water partition coefficient (Wildman–Crippen LogP) is 3.88. The first-order chi connectivity index (χ1) is 15.7. The monoisotopic (exact) mass is 454 g/mol. The van der Waals surface area contributed by atoms with Gasteiger partial charge in [-0.15, -0.1) is 0 Å². The molecule has 0 saturated heterocycles. The number of hydrogen-bond donors (Lipinski definition) is 3. The number of anilines is 1. The highest BCUT2D eigenvalue weighted by Gasteiger charge is 2.37. The first-order valence-corrected chi connectivity index (χ1v) is 10.4. The van der Waals surface area contributed by atoms with Crippen molar-refractivity contribution in [2.75, 3.05) is 5.73 Å². The van der Waals surface area contributed by atoms with Crippen molar-refractivity contribution in [3.8, 4) is 11.3 Å². The summed E-state index contributed by atoms with van der Waals surface area (Å²) in [7, 11) is 1.77. The van der Waals surface area contributed by atoms with Crippen LogP contribution in [0.25, 0.3) is 22.2 Å². The molecule has 1 aliphatic carbocycles. The topological polar surface area (TPSA) is 124 Å². The molecule has 0 aliphatic heterocycles. The molecule has 0 amide bonds. The molecule has 1 aromatic carbocycles. The van der Waals surface area contributed by atoms with Gasteiger partial charge in [0.15, 0.2) is 5.82 Å². The standard InChI is InChI=1S/C22H21F3N8/c1-33-9-8-16(32-33)30-21(27)18-14(26)6-7-15-17(18)11-4-2-3-5-12(11)19(29-15)13-10-28-31-20(13)22(23,24)25/h6-10H,2-5,26H2,1H3,(H,28,31)(H2,27,30,32). The van der Waals surface area contributed by atoms with Crippen LogP contribution in [0.5, 0.6) is 0 Å². The molecule has 0 unspecified atom stereocenters. The van der Waals surface area contributed by atoms with Gasteiger partial charge in [-0.2, -0.15) is 23.4 Å². The number of halogens is 3. The number of rotatable bonds is 3. The van der Waals surface area contributed by atoms with E-state index in [-0.39, 0.29) is 17.1 Å². The van der Waals surface area contributed by atoms with Crippen LogP contribution in [-0.2, 0) is 26.1 Å². The number of fused-ring (bicyclic) bond motifs is 3. The SMILES string of the molecule is Cn1ccc(N=C(N)c2c(N)ccc3nc(-c4cn[nH]c4C(F)(F)F)c4c(c23)CCCC4)n1. The minimum absolute atomic E-state index is 0.0592. The highest BCUT2D eigenvalue weighted by molar-refractivity contribution is 6.14. The number of aromatic amines is 1. The van der Waals surface area contributed by atoms with Crippen LogP contribution in [0.15, 0.2) is 35.6 Å². The van der Waals surface area contributed by atoms with E-state index in [1.807, 2.05) is 0 Å². The Labute approximate surface area is 186 Å². The largest absolute Gasteiger partial charge is 0.433 e. The van der Waals surface area contributed by atoms with Gasteiger partial charge in [0.1, 0.15) is 11.5 Å².